The summed E-state index contributed by atoms with van der Waals surface area (Å²) in [5, 5.41) is 9.13. The van der Waals surface area contributed by atoms with Crippen LogP contribution in [-0.2, 0) is 20.0 Å². The summed E-state index contributed by atoms with van der Waals surface area (Å²) in [5.74, 6) is -0.115. The third kappa shape index (κ3) is 3.60. The second-order valence-corrected chi connectivity index (χ2v) is 8.02. The maximum Gasteiger partial charge on any atom is 0.253 e. The first-order chi connectivity index (χ1) is 9.71. The SMILES string of the molecule is Cc1ccc(S(=O)(=O)NS(=O)(=O)c2ccc(O)cc2)cc1. The highest BCUT2D eigenvalue weighted by atomic mass is 32.3. The van der Waals surface area contributed by atoms with Crippen LogP contribution in [0.4, 0.5) is 0 Å². The van der Waals surface area contributed by atoms with Crippen LogP contribution in [0.25, 0.3) is 0 Å². The number of hydrogen-bond donors (Lipinski definition) is 2. The van der Waals surface area contributed by atoms with Crippen LogP contribution in [0.3, 0.4) is 0 Å². The molecule has 0 bridgehead atoms. The molecular formula is C13H13NO5S2. The Morgan fingerprint density at radius 2 is 1.14 bits per heavy atom. The Morgan fingerprint density at radius 1 is 0.762 bits per heavy atom. The molecular weight excluding hydrogens is 314 g/mol. The largest absolute Gasteiger partial charge is 0.508 e. The van der Waals surface area contributed by atoms with Gasteiger partial charge in [0, 0.05) is 0 Å². The van der Waals surface area contributed by atoms with Gasteiger partial charge in [-0.3, -0.25) is 0 Å². The Bertz CT molecular complexity index is 765. The molecule has 0 aliphatic heterocycles. The van der Waals surface area contributed by atoms with Crippen molar-refractivity contribution in [1.82, 2.24) is 4.13 Å². The van der Waals surface area contributed by atoms with Gasteiger partial charge in [0.1, 0.15) is 5.75 Å². The average molecular weight is 327 g/mol. The molecule has 2 N–H and O–H groups in total. The quantitative estimate of drug-likeness (QED) is 0.883. The lowest BCUT2D eigenvalue weighted by Crippen LogP contribution is -2.30. The fraction of sp³-hybridized carbons (Fsp3) is 0.0769. The molecule has 0 aromatic heterocycles. The van der Waals surface area contributed by atoms with Crippen LogP contribution in [-0.4, -0.2) is 21.9 Å². The minimum atomic E-state index is -4.24. The van der Waals surface area contributed by atoms with E-state index < -0.39 is 20.0 Å². The summed E-state index contributed by atoms with van der Waals surface area (Å²) >= 11 is 0. The molecule has 0 heterocycles. The van der Waals surface area contributed by atoms with Gasteiger partial charge in [0.2, 0.25) is 0 Å². The Hall–Kier alpha value is -1.90. The molecule has 0 unspecified atom stereocenters. The van der Waals surface area contributed by atoms with Gasteiger partial charge in [-0.15, -0.1) is 4.13 Å². The Morgan fingerprint density at radius 3 is 1.57 bits per heavy atom. The van der Waals surface area contributed by atoms with Crippen LogP contribution in [0.1, 0.15) is 5.56 Å². The Labute approximate surface area is 123 Å². The van der Waals surface area contributed by atoms with Crippen molar-refractivity contribution >= 4 is 20.0 Å². The summed E-state index contributed by atoms with van der Waals surface area (Å²) in [4.78, 5) is -0.397. The number of nitrogens with one attached hydrogen (secondary N) is 1. The molecule has 0 aliphatic rings. The van der Waals surface area contributed by atoms with E-state index in [0.29, 0.717) is 0 Å². The van der Waals surface area contributed by atoms with Gasteiger partial charge in [0.15, 0.2) is 0 Å². The second kappa shape index (κ2) is 5.47. The summed E-state index contributed by atoms with van der Waals surface area (Å²) in [6, 6.07) is 10.3. The maximum absolute atomic E-state index is 12.1. The number of sulfonamides is 2. The highest BCUT2D eigenvalue weighted by molar-refractivity contribution is 8.04. The molecule has 0 saturated carbocycles. The summed E-state index contributed by atoms with van der Waals surface area (Å²) in [6.07, 6.45) is 0. The predicted molar refractivity (Wildman–Crippen MR) is 76.8 cm³/mol. The highest BCUT2D eigenvalue weighted by Gasteiger charge is 2.24. The van der Waals surface area contributed by atoms with E-state index in [4.69, 9.17) is 5.11 Å². The summed E-state index contributed by atoms with van der Waals surface area (Å²) < 4.78 is 49.8. The van der Waals surface area contributed by atoms with Crippen LogP contribution >= 0.6 is 0 Å². The smallest absolute Gasteiger partial charge is 0.253 e. The summed E-state index contributed by atoms with van der Waals surface area (Å²) in [5.41, 5.74) is 0.857. The summed E-state index contributed by atoms with van der Waals surface area (Å²) in [7, 11) is -8.44. The fourth-order valence-corrected chi connectivity index (χ4v) is 4.50. The van der Waals surface area contributed by atoms with Gasteiger partial charge in [-0.1, -0.05) is 17.7 Å². The van der Waals surface area contributed by atoms with Crippen molar-refractivity contribution in [3.05, 3.63) is 54.1 Å². The van der Waals surface area contributed by atoms with E-state index in [2.05, 4.69) is 0 Å². The van der Waals surface area contributed by atoms with Crippen molar-refractivity contribution in [2.45, 2.75) is 16.7 Å². The van der Waals surface area contributed by atoms with E-state index in [-0.39, 0.29) is 15.5 Å². The molecule has 2 rings (SSSR count). The molecule has 0 saturated heterocycles. The standard InChI is InChI=1S/C13H13NO5S2/c1-10-2-6-12(7-3-10)20(16,17)14-21(18,19)13-8-4-11(15)5-9-13/h2-9,14-15H,1H3. The third-order valence-electron chi connectivity index (χ3n) is 2.70. The molecule has 8 heteroatoms. The molecule has 21 heavy (non-hydrogen) atoms. The molecule has 112 valence electrons. The van der Waals surface area contributed by atoms with E-state index >= 15 is 0 Å². The van der Waals surface area contributed by atoms with Gasteiger partial charge >= 0.3 is 0 Å². The summed E-state index contributed by atoms with van der Waals surface area (Å²) in [6.45, 7) is 1.79. The normalized spacial score (nSPS) is 12.2. The first-order valence-electron chi connectivity index (χ1n) is 5.85. The van der Waals surface area contributed by atoms with Gasteiger partial charge in [0.05, 0.1) is 9.79 Å². The fourth-order valence-electron chi connectivity index (χ4n) is 1.58. The van der Waals surface area contributed by atoms with Gasteiger partial charge in [-0.05, 0) is 43.3 Å². The van der Waals surface area contributed by atoms with Crippen molar-refractivity contribution in [1.29, 1.82) is 0 Å². The van der Waals surface area contributed by atoms with E-state index in [1.807, 2.05) is 0 Å². The number of rotatable bonds is 4. The van der Waals surface area contributed by atoms with E-state index in [0.717, 1.165) is 29.8 Å². The van der Waals surface area contributed by atoms with Gasteiger partial charge in [-0.2, -0.15) is 0 Å². The predicted octanol–water partition coefficient (Wildman–Crippen LogP) is 1.37. The van der Waals surface area contributed by atoms with Gasteiger partial charge in [0.25, 0.3) is 20.0 Å². The Kier molecular flexibility index (Phi) is 4.04. The van der Waals surface area contributed by atoms with Crippen LogP contribution < -0.4 is 4.13 Å². The zero-order valence-corrected chi connectivity index (χ0v) is 12.6. The van der Waals surface area contributed by atoms with Crippen LogP contribution in [0.2, 0.25) is 0 Å². The molecule has 0 spiro atoms. The third-order valence-corrected chi connectivity index (χ3v) is 6.24. The van der Waals surface area contributed by atoms with E-state index in [9.17, 15) is 16.8 Å². The zero-order chi connectivity index (χ0) is 15.7. The van der Waals surface area contributed by atoms with E-state index in [1.54, 1.807) is 23.2 Å². The number of phenolic OH excluding ortho intramolecular Hbond substituents is 1. The number of benzene rings is 2. The number of phenols is 1. The van der Waals surface area contributed by atoms with E-state index in [1.165, 1.54) is 12.1 Å². The van der Waals surface area contributed by atoms with Crippen molar-refractivity contribution in [3.8, 4) is 5.75 Å². The van der Waals surface area contributed by atoms with Crippen molar-refractivity contribution < 1.29 is 21.9 Å². The molecule has 2 aromatic rings. The second-order valence-electron chi connectivity index (χ2n) is 4.40. The minimum Gasteiger partial charge on any atom is -0.508 e. The monoisotopic (exact) mass is 327 g/mol. The first-order valence-corrected chi connectivity index (χ1v) is 8.82. The van der Waals surface area contributed by atoms with Crippen molar-refractivity contribution in [2.24, 2.45) is 0 Å². The zero-order valence-electron chi connectivity index (χ0n) is 11.0. The molecule has 0 aliphatic carbocycles. The topological polar surface area (TPSA) is 101 Å². The first kappa shape index (κ1) is 15.5. The molecule has 0 fully saturated rings. The lowest BCUT2D eigenvalue weighted by Gasteiger charge is -2.08. The Balaban J connectivity index is 2.35. The molecule has 0 radical (unpaired) electrons. The van der Waals surface area contributed by atoms with Crippen LogP contribution in [0, 0.1) is 6.92 Å². The molecule has 6 nitrogen and oxygen atoms in total. The van der Waals surface area contributed by atoms with Crippen molar-refractivity contribution in [3.63, 3.8) is 0 Å². The van der Waals surface area contributed by atoms with Gasteiger partial charge in [-0.25, -0.2) is 16.8 Å². The van der Waals surface area contributed by atoms with Crippen LogP contribution in [0.5, 0.6) is 5.75 Å². The highest BCUT2D eigenvalue weighted by Crippen LogP contribution is 2.17. The minimum absolute atomic E-state index is 0.115. The maximum atomic E-state index is 12.1. The lowest BCUT2D eigenvalue weighted by atomic mass is 10.2. The number of aryl methyl sites for hydroxylation is 1. The lowest BCUT2D eigenvalue weighted by molar-refractivity contribution is 0.475. The molecule has 2 aromatic carbocycles. The molecule has 0 atom stereocenters. The van der Waals surface area contributed by atoms with Crippen molar-refractivity contribution in [2.75, 3.05) is 0 Å². The number of hydrogen-bond acceptors (Lipinski definition) is 5. The molecule has 0 amide bonds. The van der Waals surface area contributed by atoms with Crippen LogP contribution in [0.15, 0.2) is 58.3 Å². The average Bonchev–Trinajstić information content (AvgIpc) is 2.38. The van der Waals surface area contributed by atoms with Gasteiger partial charge < -0.3 is 5.11 Å². The number of aromatic hydroxyl groups is 1.